The average Bonchev–Trinajstić information content (AvgIpc) is 3.73. The van der Waals surface area contributed by atoms with Crippen molar-refractivity contribution in [1.82, 2.24) is 19.1 Å². The first-order chi connectivity index (χ1) is 28.1. The molecule has 3 heterocycles. The van der Waals surface area contributed by atoms with Crippen LogP contribution < -0.4 is 0 Å². The Labute approximate surface area is 360 Å². The summed E-state index contributed by atoms with van der Waals surface area (Å²) in [6.45, 7) is 11.0. The number of phenols is 1. The van der Waals surface area contributed by atoms with Crippen molar-refractivity contribution < 1.29 is 26.2 Å². The fraction of sp³-hybridized carbons (Fsp3) is 0.132. The Morgan fingerprint density at radius 1 is 0.695 bits per heavy atom. The van der Waals surface area contributed by atoms with Crippen LogP contribution in [0.5, 0.6) is 5.75 Å². The zero-order valence-corrected chi connectivity index (χ0v) is 36.3. The third-order valence-corrected chi connectivity index (χ3v) is 11.2. The van der Waals surface area contributed by atoms with Gasteiger partial charge in [-0.2, -0.15) is 0 Å². The third-order valence-electron chi connectivity index (χ3n) is 11.2. The molecular formula is C53H45N4OPt-. The number of allylic oxidation sites excluding steroid dienone is 1. The van der Waals surface area contributed by atoms with Crippen molar-refractivity contribution in [1.29, 1.82) is 0 Å². The summed E-state index contributed by atoms with van der Waals surface area (Å²) in [5, 5.41) is 12.1. The predicted molar refractivity (Wildman–Crippen MR) is 241 cm³/mol. The number of hydrogen-bond donors (Lipinski definition) is 1. The minimum atomic E-state index is -0.166. The van der Waals surface area contributed by atoms with Gasteiger partial charge in [-0.1, -0.05) is 129 Å². The molecule has 0 amide bonds. The van der Waals surface area contributed by atoms with Gasteiger partial charge in [-0.3, -0.25) is 4.98 Å². The number of nitrogens with zero attached hydrogens (tertiary/aromatic N) is 4. The van der Waals surface area contributed by atoms with E-state index in [-0.39, 0.29) is 32.2 Å². The maximum atomic E-state index is 10.9. The van der Waals surface area contributed by atoms with Gasteiger partial charge in [-0.25, -0.2) is 4.98 Å². The molecule has 0 aliphatic rings. The van der Waals surface area contributed by atoms with Crippen LogP contribution in [0.3, 0.4) is 0 Å². The molecule has 1 N–H and O–H groups in total. The van der Waals surface area contributed by atoms with Crippen molar-refractivity contribution in [2.75, 3.05) is 0 Å². The molecule has 0 spiro atoms. The van der Waals surface area contributed by atoms with Gasteiger partial charge in [0.05, 0.1) is 22.1 Å². The van der Waals surface area contributed by atoms with Crippen LogP contribution in [-0.2, 0) is 33.5 Å². The molecule has 9 rings (SSSR count). The molecule has 0 bridgehead atoms. The van der Waals surface area contributed by atoms with Crippen LogP contribution in [0.15, 0.2) is 152 Å². The van der Waals surface area contributed by atoms with Gasteiger partial charge in [0.1, 0.15) is 11.6 Å². The quantitative estimate of drug-likeness (QED) is 0.162. The van der Waals surface area contributed by atoms with E-state index in [1.54, 1.807) is 6.07 Å². The molecule has 5 nitrogen and oxygen atoms in total. The molecule has 3 aromatic heterocycles. The molecular weight excluding hydrogens is 904 g/mol. The Balaban J connectivity index is 0.00000484. The second kappa shape index (κ2) is 15.8. The number of phenolic OH excluding ortho intramolecular Hbond substituents is 1. The molecule has 0 aliphatic heterocycles. The number of aryl methyl sites for hydroxylation is 2. The van der Waals surface area contributed by atoms with E-state index in [1.807, 2.05) is 37.5 Å². The number of benzene rings is 6. The molecule has 0 saturated heterocycles. The molecule has 294 valence electrons. The van der Waals surface area contributed by atoms with Crippen molar-refractivity contribution in [3.05, 3.63) is 175 Å². The summed E-state index contributed by atoms with van der Waals surface area (Å²) >= 11 is 0. The molecule has 59 heavy (non-hydrogen) atoms. The Hall–Kier alpha value is -6.29. The number of hydrogen-bond acceptors (Lipinski definition) is 3. The van der Waals surface area contributed by atoms with E-state index in [2.05, 4.69) is 171 Å². The fourth-order valence-electron chi connectivity index (χ4n) is 8.17. The van der Waals surface area contributed by atoms with Crippen LogP contribution >= 0.6 is 0 Å². The van der Waals surface area contributed by atoms with E-state index in [4.69, 9.17) is 9.97 Å². The van der Waals surface area contributed by atoms with E-state index in [0.717, 1.165) is 61.4 Å². The minimum absolute atomic E-state index is 0. The molecule has 6 aromatic carbocycles. The summed E-state index contributed by atoms with van der Waals surface area (Å²) < 4.78 is 4.46. The topological polar surface area (TPSA) is 55.9 Å². The zero-order chi connectivity index (χ0) is 40.1. The summed E-state index contributed by atoms with van der Waals surface area (Å²) in [5.74, 6) is 0.892. The first-order valence-electron chi connectivity index (χ1n) is 19.8. The summed E-state index contributed by atoms with van der Waals surface area (Å²) in [7, 11) is 2.02. The predicted octanol–water partition coefficient (Wildman–Crippen LogP) is 13.4. The summed E-state index contributed by atoms with van der Waals surface area (Å²) in [6.07, 6.45) is 6.23. The summed E-state index contributed by atoms with van der Waals surface area (Å²) in [6, 6.07) is 52.1. The van der Waals surface area contributed by atoms with Crippen molar-refractivity contribution in [3.8, 4) is 67.5 Å². The van der Waals surface area contributed by atoms with Crippen LogP contribution in [0.2, 0.25) is 0 Å². The SMILES string of the molecule is C/C=C\c1c(C)c2cccc(-c3ccnc(-c4[c-]c(-c5cc(-c6ccccc6)cc6c5nc(-c5ccccc5O)n6C)cc(C(C)(C)C)c4)c3)c2n1-c1ccccc1.[Pt]. The van der Waals surface area contributed by atoms with Gasteiger partial charge in [0.2, 0.25) is 0 Å². The van der Waals surface area contributed by atoms with Crippen LogP contribution in [0, 0.1) is 13.0 Å². The maximum Gasteiger partial charge on any atom is 0.143 e. The Bertz CT molecular complexity index is 3020. The number of aromatic hydroxyl groups is 1. The Morgan fingerprint density at radius 3 is 2.12 bits per heavy atom. The van der Waals surface area contributed by atoms with E-state index >= 15 is 0 Å². The molecule has 6 heteroatoms. The van der Waals surface area contributed by atoms with Gasteiger partial charge in [-0.15, -0.1) is 29.3 Å². The minimum Gasteiger partial charge on any atom is -0.507 e. The molecule has 0 saturated carbocycles. The standard InChI is InChI=1S/C53H45N4O.Pt/c1-7-17-47-34(2)42-23-16-24-43(51(42)57(47)41-20-12-9-13-21-41)36-26-27-54-46(32-36)39-28-38(29-40(30-39)53(3,4)5)45-31-37(35-18-10-8-11-19-35)33-48-50(45)55-52(56(48)6)44-22-14-15-25-49(44)58;/h7-27,29-33,58H,1-6H3;/q-1;/b17-7-;. The van der Waals surface area contributed by atoms with Crippen molar-refractivity contribution in [2.45, 2.75) is 40.0 Å². The molecule has 0 aliphatic carbocycles. The van der Waals surface area contributed by atoms with E-state index in [9.17, 15) is 5.11 Å². The normalized spacial score (nSPS) is 11.8. The van der Waals surface area contributed by atoms with Crippen LogP contribution in [0.1, 0.15) is 44.5 Å². The number of rotatable bonds is 7. The second-order valence-electron chi connectivity index (χ2n) is 16.0. The van der Waals surface area contributed by atoms with Crippen LogP contribution in [-0.4, -0.2) is 24.2 Å². The molecule has 0 radical (unpaired) electrons. The van der Waals surface area contributed by atoms with Gasteiger partial charge in [0, 0.05) is 62.3 Å². The van der Waals surface area contributed by atoms with Crippen molar-refractivity contribution >= 4 is 28.0 Å². The van der Waals surface area contributed by atoms with Gasteiger partial charge in [0.25, 0.3) is 0 Å². The molecule has 0 fully saturated rings. The Morgan fingerprint density at radius 2 is 1.39 bits per heavy atom. The first kappa shape index (κ1) is 39.5. The number of pyridine rings is 1. The van der Waals surface area contributed by atoms with E-state index in [0.29, 0.717) is 11.4 Å². The summed E-state index contributed by atoms with van der Waals surface area (Å²) in [5.41, 5.74) is 16.3. The first-order valence-corrected chi connectivity index (χ1v) is 19.8. The Kier molecular flexibility index (Phi) is 10.6. The van der Waals surface area contributed by atoms with Crippen LogP contribution in [0.25, 0.3) is 89.7 Å². The third kappa shape index (κ3) is 7.15. The second-order valence-corrected chi connectivity index (χ2v) is 16.0. The summed E-state index contributed by atoms with van der Waals surface area (Å²) in [4.78, 5) is 10.3. The van der Waals surface area contributed by atoms with Crippen molar-refractivity contribution in [3.63, 3.8) is 0 Å². The average molecular weight is 949 g/mol. The smallest absolute Gasteiger partial charge is 0.143 e. The molecule has 0 atom stereocenters. The number of aromatic nitrogens is 4. The maximum absolute atomic E-state index is 10.9. The number of imidazole rings is 1. The van der Waals surface area contributed by atoms with E-state index in [1.165, 1.54) is 27.7 Å². The monoisotopic (exact) mass is 948 g/mol. The largest absolute Gasteiger partial charge is 0.507 e. The van der Waals surface area contributed by atoms with Crippen molar-refractivity contribution in [2.24, 2.45) is 7.05 Å². The zero-order valence-electron chi connectivity index (χ0n) is 34.1. The fourth-order valence-corrected chi connectivity index (χ4v) is 8.17. The van der Waals surface area contributed by atoms with Gasteiger partial charge in [0.15, 0.2) is 0 Å². The molecule has 0 unspecified atom stereocenters. The van der Waals surface area contributed by atoms with Crippen LogP contribution in [0.4, 0.5) is 0 Å². The number of fused-ring (bicyclic) bond motifs is 2. The number of para-hydroxylation sites is 3. The van der Waals surface area contributed by atoms with Gasteiger partial charge < -0.3 is 14.2 Å². The van der Waals surface area contributed by atoms with E-state index < -0.39 is 0 Å². The molecule has 9 aromatic rings. The van der Waals surface area contributed by atoms with Gasteiger partial charge >= 0.3 is 0 Å². The van der Waals surface area contributed by atoms with Gasteiger partial charge in [-0.05, 0) is 84.0 Å².